The van der Waals surface area contributed by atoms with E-state index in [4.69, 9.17) is 16.3 Å². The van der Waals surface area contributed by atoms with E-state index in [1.54, 1.807) is 60.7 Å². The lowest BCUT2D eigenvalue weighted by atomic mass is 10.2. The van der Waals surface area contributed by atoms with Gasteiger partial charge in [0.05, 0.1) is 17.1 Å². The first-order valence-corrected chi connectivity index (χ1v) is 11.1. The highest BCUT2D eigenvalue weighted by Gasteiger charge is 2.37. The molecule has 0 radical (unpaired) electrons. The number of hydrogen-bond donors (Lipinski definition) is 1. The number of nitrogens with one attached hydrogen (secondary N) is 1. The number of carbonyl (C=O) groups excluding carboxylic acids is 1. The zero-order valence-electron chi connectivity index (χ0n) is 16.1. The highest BCUT2D eigenvalue weighted by molar-refractivity contribution is 7.92. The van der Waals surface area contributed by atoms with Gasteiger partial charge in [0.15, 0.2) is 6.10 Å². The lowest BCUT2D eigenvalue weighted by Gasteiger charge is -2.34. The van der Waals surface area contributed by atoms with Crippen molar-refractivity contribution in [2.45, 2.75) is 17.9 Å². The third-order valence-corrected chi connectivity index (χ3v) is 7.00. The average Bonchev–Trinajstić information content (AvgIpc) is 2.76. The van der Waals surface area contributed by atoms with Crippen molar-refractivity contribution < 1.29 is 17.9 Å². The maximum Gasteiger partial charge on any atom is 0.267 e. The summed E-state index contributed by atoms with van der Waals surface area (Å²) in [6, 6.07) is 20.0. The van der Waals surface area contributed by atoms with Gasteiger partial charge in [0, 0.05) is 10.7 Å². The summed E-state index contributed by atoms with van der Waals surface area (Å²) < 4.78 is 33.6. The molecule has 1 amide bonds. The van der Waals surface area contributed by atoms with Crippen LogP contribution < -0.4 is 14.4 Å². The molecule has 1 heterocycles. The second-order valence-electron chi connectivity index (χ2n) is 6.88. The van der Waals surface area contributed by atoms with Gasteiger partial charge >= 0.3 is 0 Å². The molecule has 0 aromatic heterocycles. The molecule has 1 N–H and O–H groups in total. The molecule has 1 atom stereocenters. The molecule has 1 aliphatic heterocycles. The van der Waals surface area contributed by atoms with E-state index in [1.807, 2.05) is 6.92 Å². The molecule has 1 unspecified atom stereocenters. The third kappa shape index (κ3) is 3.86. The van der Waals surface area contributed by atoms with Crippen LogP contribution in [0.3, 0.4) is 0 Å². The maximum atomic E-state index is 13.3. The quantitative estimate of drug-likeness (QED) is 0.655. The molecule has 0 saturated carbocycles. The lowest BCUT2D eigenvalue weighted by Crippen LogP contribution is -2.48. The molecule has 8 heteroatoms. The number of anilines is 2. The second kappa shape index (κ2) is 8.01. The van der Waals surface area contributed by atoms with Gasteiger partial charge in [-0.2, -0.15) is 0 Å². The van der Waals surface area contributed by atoms with Crippen molar-refractivity contribution in [1.82, 2.24) is 0 Å². The van der Waals surface area contributed by atoms with Crippen LogP contribution in [-0.4, -0.2) is 27.0 Å². The van der Waals surface area contributed by atoms with Crippen molar-refractivity contribution >= 4 is 38.9 Å². The summed E-state index contributed by atoms with van der Waals surface area (Å²) in [5.74, 6) is -0.136. The Balaban J connectivity index is 1.66. The summed E-state index contributed by atoms with van der Waals surface area (Å²) in [6.45, 7) is 1.71. The molecule has 4 rings (SSSR count). The fourth-order valence-electron chi connectivity index (χ4n) is 3.18. The summed E-state index contributed by atoms with van der Waals surface area (Å²) in [5, 5.41) is 3.28. The Labute approximate surface area is 180 Å². The molecule has 0 fully saturated rings. The zero-order valence-corrected chi connectivity index (χ0v) is 17.7. The molecule has 3 aromatic carbocycles. The van der Waals surface area contributed by atoms with Gasteiger partial charge in [-0.15, -0.1) is 0 Å². The smallest absolute Gasteiger partial charge is 0.267 e. The van der Waals surface area contributed by atoms with Gasteiger partial charge < -0.3 is 10.1 Å². The van der Waals surface area contributed by atoms with E-state index in [-0.39, 0.29) is 11.4 Å². The van der Waals surface area contributed by atoms with E-state index in [1.165, 1.54) is 16.4 Å². The maximum absolute atomic E-state index is 13.3. The summed E-state index contributed by atoms with van der Waals surface area (Å²) in [7, 11) is -3.87. The second-order valence-corrected chi connectivity index (χ2v) is 9.15. The van der Waals surface area contributed by atoms with Crippen molar-refractivity contribution in [2.75, 3.05) is 16.2 Å². The number of carbonyl (C=O) groups is 1. The van der Waals surface area contributed by atoms with E-state index >= 15 is 0 Å². The van der Waals surface area contributed by atoms with Crippen LogP contribution in [0.4, 0.5) is 11.4 Å². The first-order valence-electron chi connectivity index (χ1n) is 9.27. The topological polar surface area (TPSA) is 75.7 Å². The highest BCUT2D eigenvalue weighted by Crippen LogP contribution is 2.37. The molecule has 3 aromatic rings. The number of halogens is 1. The number of rotatable bonds is 4. The van der Waals surface area contributed by atoms with Gasteiger partial charge in [0.1, 0.15) is 5.75 Å². The van der Waals surface area contributed by atoms with Crippen molar-refractivity contribution in [3.63, 3.8) is 0 Å². The number of benzene rings is 3. The number of fused-ring (bicyclic) bond motifs is 1. The normalized spacial score (nSPS) is 15.8. The van der Waals surface area contributed by atoms with Crippen LogP contribution in [0.15, 0.2) is 77.7 Å². The Morgan fingerprint density at radius 2 is 1.77 bits per heavy atom. The fraction of sp³-hybridized carbons (Fsp3) is 0.136. The first-order chi connectivity index (χ1) is 14.4. The van der Waals surface area contributed by atoms with Crippen LogP contribution >= 0.6 is 11.6 Å². The number of amides is 1. The number of hydrogen-bond acceptors (Lipinski definition) is 4. The van der Waals surface area contributed by atoms with E-state index < -0.39 is 22.0 Å². The first kappa shape index (κ1) is 20.3. The molecular weight excluding hydrogens is 424 g/mol. The van der Waals surface area contributed by atoms with Crippen LogP contribution in [0.1, 0.15) is 5.56 Å². The highest BCUT2D eigenvalue weighted by atomic mass is 35.5. The van der Waals surface area contributed by atoms with Crippen molar-refractivity contribution in [1.29, 1.82) is 0 Å². The molecule has 0 saturated heterocycles. The summed E-state index contributed by atoms with van der Waals surface area (Å²) in [5.41, 5.74) is 1.79. The largest absolute Gasteiger partial charge is 0.476 e. The van der Waals surface area contributed by atoms with Gasteiger partial charge in [-0.1, -0.05) is 48.0 Å². The molecule has 1 aliphatic rings. The minimum absolute atomic E-state index is 0.145. The van der Waals surface area contributed by atoms with Crippen molar-refractivity contribution in [2.24, 2.45) is 0 Å². The molecule has 30 heavy (non-hydrogen) atoms. The molecule has 0 spiro atoms. The lowest BCUT2D eigenvalue weighted by molar-refractivity contribution is -0.122. The SMILES string of the molecule is Cc1ccc(NC(=O)C2CN(S(=O)(=O)c3ccccc3)c3ccccc3O2)cc1Cl. The van der Waals surface area contributed by atoms with Crippen LogP contribution in [0.5, 0.6) is 5.75 Å². The number of para-hydroxylation sites is 2. The Morgan fingerprint density at radius 3 is 2.50 bits per heavy atom. The molecular formula is C22H19ClN2O4S. The van der Waals surface area contributed by atoms with Gasteiger partial charge in [-0.3, -0.25) is 9.10 Å². The van der Waals surface area contributed by atoms with Crippen LogP contribution in [0.25, 0.3) is 0 Å². The summed E-state index contributed by atoms with van der Waals surface area (Å²) in [6.07, 6.45) is -1.03. The monoisotopic (exact) mass is 442 g/mol. The Kier molecular flexibility index (Phi) is 5.40. The molecule has 0 bridgehead atoms. The van der Waals surface area contributed by atoms with E-state index in [0.29, 0.717) is 22.1 Å². The summed E-state index contributed by atoms with van der Waals surface area (Å²) in [4.78, 5) is 13.0. The average molecular weight is 443 g/mol. The Hall–Kier alpha value is -3.03. The van der Waals surface area contributed by atoms with Crippen LogP contribution in [-0.2, 0) is 14.8 Å². The van der Waals surface area contributed by atoms with E-state index in [9.17, 15) is 13.2 Å². The Bertz CT molecular complexity index is 1200. The predicted octanol–water partition coefficient (Wildman–Crippen LogP) is 4.24. The minimum Gasteiger partial charge on any atom is -0.476 e. The third-order valence-electron chi connectivity index (χ3n) is 4.80. The zero-order chi connectivity index (χ0) is 21.3. The minimum atomic E-state index is -3.87. The molecule has 154 valence electrons. The number of nitrogens with zero attached hydrogens (tertiary/aromatic N) is 1. The van der Waals surface area contributed by atoms with Gasteiger partial charge in [-0.05, 0) is 48.9 Å². The predicted molar refractivity (Wildman–Crippen MR) is 117 cm³/mol. The van der Waals surface area contributed by atoms with Crippen LogP contribution in [0, 0.1) is 6.92 Å². The van der Waals surface area contributed by atoms with E-state index in [2.05, 4.69) is 5.32 Å². The number of ether oxygens (including phenoxy) is 1. The van der Waals surface area contributed by atoms with Crippen LogP contribution in [0.2, 0.25) is 5.02 Å². The molecule has 0 aliphatic carbocycles. The summed E-state index contributed by atoms with van der Waals surface area (Å²) >= 11 is 6.13. The standard InChI is InChI=1S/C22H19ClN2O4S/c1-15-11-12-16(13-18(15)23)24-22(26)21-14-25(19-9-5-6-10-20(19)29-21)30(27,28)17-7-3-2-4-8-17/h2-13,21H,14H2,1H3,(H,24,26). The fourth-order valence-corrected chi connectivity index (χ4v) is 4.86. The van der Waals surface area contributed by atoms with Gasteiger partial charge in [0.2, 0.25) is 0 Å². The number of sulfonamides is 1. The Morgan fingerprint density at radius 1 is 1.07 bits per heavy atom. The van der Waals surface area contributed by atoms with Crippen molar-refractivity contribution in [3.8, 4) is 5.75 Å². The van der Waals surface area contributed by atoms with Crippen molar-refractivity contribution in [3.05, 3.63) is 83.4 Å². The molecule has 6 nitrogen and oxygen atoms in total. The van der Waals surface area contributed by atoms with Gasteiger partial charge in [-0.25, -0.2) is 8.42 Å². The van der Waals surface area contributed by atoms with Gasteiger partial charge in [0.25, 0.3) is 15.9 Å². The number of aryl methyl sites for hydroxylation is 1. The van der Waals surface area contributed by atoms with E-state index in [0.717, 1.165) is 5.56 Å².